The molecule has 1 unspecified atom stereocenters. The topological polar surface area (TPSA) is 55.1 Å². The van der Waals surface area contributed by atoms with Gasteiger partial charge in [-0.15, -0.1) is 0 Å². The highest BCUT2D eigenvalue weighted by molar-refractivity contribution is 5.93. The van der Waals surface area contributed by atoms with Crippen molar-refractivity contribution in [3.8, 4) is 0 Å². The summed E-state index contributed by atoms with van der Waals surface area (Å²) in [6.07, 6.45) is 0. The number of nitrogens with two attached hydrogens (primary N) is 1. The first kappa shape index (κ1) is 14.1. The molecule has 0 saturated heterocycles. The summed E-state index contributed by atoms with van der Waals surface area (Å²) in [6, 6.07) is 11.7. The van der Waals surface area contributed by atoms with Crippen molar-refractivity contribution in [2.75, 3.05) is 5.32 Å². The van der Waals surface area contributed by atoms with E-state index in [2.05, 4.69) is 5.32 Å². The highest BCUT2D eigenvalue weighted by atomic mass is 19.1. The zero-order chi connectivity index (χ0) is 14.7. The lowest BCUT2D eigenvalue weighted by molar-refractivity contribution is 0.1000. The Balaban J connectivity index is 2.17. The Morgan fingerprint density at radius 3 is 2.40 bits per heavy atom. The Morgan fingerprint density at radius 1 is 1.20 bits per heavy atom. The van der Waals surface area contributed by atoms with E-state index in [1.54, 1.807) is 24.3 Å². The number of hydrogen-bond acceptors (Lipinski definition) is 2. The number of carbonyl (C=O) groups is 1. The summed E-state index contributed by atoms with van der Waals surface area (Å²) in [6.45, 7) is 3.90. The number of carbonyl (C=O) groups excluding carboxylic acids is 1. The van der Waals surface area contributed by atoms with Gasteiger partial charge in [0, 0.05) is 17.3 Å². The van der Waals surface area contributed by atoms with Gasteiger partial charge in [0.05, 0.1) is 0 Å². The maximum Gasteiger partial charge on any atom is 0.248 e. The molecule has 2 aromatic rings. The molecule has 20 heavy (non-hydrogen) atoms. The molecule has 3 nitrogen and oxygen atoms in total. The molecule has 2 rings (SSSR count). The molecule has 0 aliphatic rings. The van der Waals surface area contributed by atoms with Crippen molar-refractivity contribution in [2.45, 2.75) is 19.9 Å². The van der Waals surface area contributed by atoms with Gasteiger partial charge in [0.1, 0.15) is 5.82 Å². The lowest BCUT2D eigenvalue weighted by Crippen LogP contribution is -2.12. The van der Waals surface area contributed by atoms with Crippen molar-refractivity contribution >= 4 is 11.6 Å². The van der Waals surface area contributed by atoms with Crippen LogP contribution in [-0.2, 0) is 0 Å². The molecule has 0 fully saturated rings. The zero-order valence-corrected chi connectivity index (χ0v) is 11.5. The quantitative estimate of drug-likeness (QED) is 0.896. The molecule has 104 valence electrons. The number of benzene rings is 2. The van der Waals surface area contributed by atoms with E-state index in [0.717, 1.165) is 16.8 Å². The molecule has 0 bridgehead atoms. The summed E-state index contributed by atoms with van der Waals surface area (Å²) in [5.41, 5.74) is 8.59. The lowest BCUT2D eigenvalue weighted by atomic mass is 10.1. The van der Waals surface area contributed by atoms with Crippen molar-refractivity contribution in [3.63, 3.8) is 0 Å². The second kappa shape index (κ2) is 5.74. The number of nitrogens with one attached hydrogen (secondary N) is 1. The number of hydrogen-bond donors (Lipinski definition) is 2. The van der Waals surface area contributed by atoms with Crippen LogP contribution in [0, 0.1) is 12.7 Å². The molecule has 0 heterocycles. The van der Waals surface area contributed by atoms with Gasteiger partial charge in [0.15, 0.2) is 0 Å². The van der Waals surface area contributed by atoms with E-state index in [4.69, 9.17) is 5.73 Å². The summed E-state index contributed by atoms with van der Waals surface area (Å²) in [4.78, 5) is 11.1. The molecule has 0 saturated carbocycles. The number of halogens is 1. The fourth-order valence-corrected chi connectivity index (χ4v) is 2.05. The highest BCUT2D eigenvalue weighted by Gasteiger charge is 2.09. The summed E-state index contributed by atoms with van der Waals surface area (Å²) in [5.74, 6) is -0.686. The molecule has 0 aromatic heterocycles. The average molecular weight is 272 g/mol. The van der Waals surface area contributed by atoms with Crippen LogP contribution in [0.5, 0.6) is 0 Å². The first-order chi connectivity index (χ1) is 9.47. The average Bonchev–Trinajstić information content (AvgIpc) is 2.41. The standard InChI is InChI=1S/C16H17FN2O/c1-10-9-13(16(18)20)5-8-15(10)19-11(2)12-3-6-14(17)7-4-12/h3-9,11,19H,1-2H3,(H2,18,20). The molecule has 3 N–H and O–H groups in total. The van der Waals surface area contributed by atoms with Crippen LogP contribution in [0.25, 0.3) is 0 Å². The number of anilines is 1. The molecular formula is C16H17FN2O. The summed E-state index contributed by atoms with van der Waals surface area (Å²) < 4.78 is 12.9. The molecular weight excluding hydrogens is 255 g/mol. The number of rotatable bonds is 4. The van der Waals surface area contributed by atoms with Crippen molar-refractivity contribution in [3.05, 3.63) is 65.0 Å². The van der Waals surface area contributed by atoms with Crippen molar-refractivity contribution in [2.24, 2.45) is 5.73 Å². The summed E-state index contributed by atoms with van der Waals surface area (Å²) in [7, 11) is 0. The minimum Gasteiger partial charge on any atom is -0.378 e. The predicted molar refractivity (Wildman–Crippen MR) is 78.1 cm³/mol. The first-order valence-corrected chi connectivity index (χ1v) is 6.40. The Bertz CT molecular complexity index is 623. The smallest absolute Gasteiger partial charge is 0.248 e. The Kier molecular flexibility index (Phi) is 4.03. The maximum absolute atomic E-state index is 12.9. The van der Waals surface area contributed by atoms with Crippen molar-refractivity contribution < 1.29 is 9.18 Å². The van der Waals surface area contributed by atoms with Crippen LogP contribution in [0.4, 0.5) is 10.1 Å². The summed E-state index contributed by atoms with van der Waals surface area (Å²) >= 11 is 0. The SMILES string of the molecule is Cc1cc(C(N)=O)ccc1NC(C)c1ccc(F)cc1. The number of amides is 1. The third-order valence-electron chi connectivity index (χ3n) is 3.25. The van der Waals surface area contributed by atoms with Crippen molar-refractivity contribution in [1.82, 2.24) is 0 Å². The van der Waals surface area contributed by atoms with E-state index >= 15 is 0 Å². The Hall–Kier alpha value is -2.36. The maximum atomic E-state index is 12.9. The van der Waals surface area contributed by atoms with Gasteiger partial charge in [-0.25, -0.2) is 4.39 Å². The predicted octanol–water partition coefficient (Wildman–Crippen LogP) is 3.41. The molecule has 4 heteroatoms. The Morgan fingerprint density at radius 2 is 1.85 bits per heavy atom. The highest BCUT2D eigenvalue weighted by Crippen LogP contribution is 2.23. The normalized spacial score (nSPS) is 11.9. The van der Waals surface area contributed by atoms with E-state index in [9.17, 15) is 9.18 Å². The van der Waals surface area contributed by atoms with E-state index in [-0.39, 0.29) is 11.9 Å². The van der Waals surface area contributed by atoms with E-state index in [1.165, 1.54) is 12.1 Å². The largest absolute Gasteiger partial charge is 0.378 e. The van der Waals surface area contributed by atoms with Crippen LogP contribution in [0.3, 0.4) is 0 Å². The van der Waals surface area contributed by atoms with Crippen LogP contribution in [0.2, 0.25) is 0 Å². The third kappa shape index (κ3) is 3.15. The van der Waals surface area contributed by atoms with Gasteiger partial charge in [-0.05, 0) is 55.3 Å². The fraction of sp³-hybridized carbons (Fsp3) is 0.188. The van der Waals surface area contributed by atoms with Crippen LogP contribution in [0.1, 0.15) is 34.5 Å². The minimum absolute atomic E-state index is 0.0359. The molecule has 0 aliphatic carbocycles. The van der Waals surface area contributed by atoms with Crippen LogP contribution in [0.15, 0.2) is 42.5 Å². The van der Waals surface area contributed by atoms with Gasteiger partial charge >= 0.3 is 0 Å². The zero-order valence-electron chi connectivity index (χ0n) is 11.5. The monoisotopic (exact) mass is 272 g/mol. The van der Waals surface area contributed by atoms with Crippen LogP contribution >= 0.6 is 0 Å². The molecule has 1 amide bonds. The van der Waals surface area contributed by atoms with Crippen LogP contribution in [-0.4, -0.2) is 5.91 Å². The van der Waals surface area contributed by atoms with Crippen molar-refractivity contribution in [1.29, 1.82) is 0 Å². The second-order valence-corrected chi connectivity index (χ2v) is 4.81. The van der Waals surface area contributed by atoms with Gasteiger partial charge in [-0.3, -0.25) is 4.79 Å². The number of primary amides is 1. The van der Waals surface area contributed by atoms with Gasteiger partial charge in [-0.1, -0.05) is 12.1 Å². The molecule has 0 radical (unpaired) electrons. The van der Waals surface area contributed by atoms with Gasteiger partial charge in [-0.2, -0.15) is 0 Å². The second-order valence-electron chi connectivity index (χ2n) is 4.81. The lowest BCUT2D eigenvalue weighted by Gasteiger charge is -2.18. The fourth-order valence-electron chi connectivity index (χ4n) is 2.05. The van der Waals surface area contributed by atoms with E-state index in [1.807, 2.05) is 19.9 Å². The third-order valence-corrected chi connectivity index (χ3v) is 3.25. The van der Waals surface area contributed by atoms with E-state index < -0.39 is 5.91 Å². The van der Waals surface area contributed by atoms with Gasteiger partial charge in [0.25, 0.3) is 0 Å². The van der Waals surface area contributed by atoms with Crippen LogP contribution < -0.4 is 11.1 Å². The molecule has 0 spiro atoms. The van der Waals surface area contributed by atoms with Gasteiger partial charge in [0.2, 0.25) is 5.91 Å². The Labute approximate surface area is 117 Å². The molecule has 1 atom stereocenters. The molecule has 2 aromatic carbocycles. The summed E-state index contributed by atoms with van der Waals surface area (Å²) in [5, 5.41) is 3.34. The number of aryl methyl sites for hydroxylation is 1. The first-order valence-electron chi connectivity index (χ1n) is 6.40. The van der Waals surface area contributed by atoms with Gasteiger partial charge < -0.3 is 11.1 Å². The minimum atomic E-state index is -0.439. The van der Waals surface area contributed by atoms with E-state index in [0.29, 0.717) is 5.56 Å². The molecule has 0 aliphatic heterocycles.